The lowest BCUT2D eigenvalue weighted by atomic mass is 9.87. The van der Waals surface area contributed by atoms with Crippen molar-refractivity contribution in [1.29, 1.82) is 0 Å². The van der Waals surface area contributed by atoms with Crippen LogP contribution in [0, 0.1) is 0 Å². The van der Waals surface area contributed by atoms with Crippen LogP contribution in [0.25, 0.3) is 5.65 Å². The van der Waals surface area contributed by atoms with Crippen molar-refractivity contribution in [3.05, 3.63) is 66.1 Å². The predicted molar refractivity (Wildman–Crippen MR) is 112 cm³/mol. The van der Waals surface area contributed by atoms with Crippen molar-refractivity contribution in [3.63, 3.8) is 0 Å². The van der Waals surface area contributed by atoms with E-state index >= 15 is 0 Å². The number of fused-ring (bicyclic) bond motifs is 1. The smallest absolute Gasteiger partial charge is 0.241 e. The molecule has 1 amide bonds. The number of pyridine rings is 1. The Morgan fingerprint density at radius 3 is 2.45 bits per heavy atom. The normalized spacial score (nSPS) is 13.4. The molecule has 3 aromatic rings. The molecule has 0 saturated carbocycles. The van der Waals surface area contributed by atoms with E-state index in [1.165, 1.54) is 6.92 Å². The molecule has 3 rings (SSSR count). The van der Waals surface area contributed by atoms with E-state index in [9.17, 15) is 13.2 Å². The molecule has 0 aliphatic carbocycles. The molecular weight excluding hydrogens is 388 g/mol. The SMILES string of the molecule is C[C@H](NS(=O)(=O)c1ccc(C(C)(C)C)cc1)C(=O)NCc1cn2ccccc2n1. The maximum absolute atomic E-state index is 12.6. The second kappa shape index (κ2) is 7.96. The largest absolute Gasteiger partial charge is 0.349 e. The average molecular weight is 415 g/mol. The summed E-state index contributed by atoms with van der Waals surface area (Å²) in [6.45, 7) is 7.91. The van der Waals surface area contributed by atoms with Gasteiger partial charge in [0.1, 0.15) is 5.65 Å². The Kier molecular flexibility index (Phi) is 5.77. The van der Waals surface area contributed by atoms with Gasteiger partial charge in [-0.3, -0.25) is 4.79 Å². The summed E-state index contributed by atoms with van der Waals surface area (Å²) in [6.07, 6.45) is 3.69. The molecular formula is C21H26N4O3S. The molecule has 0 bridgehead atoms. The van der Waals surface area contributed by atoms with Crippen LogP contribution in [-0.2, 0) is 26.8 Å². The highest BCUT2D eigenvalue weighted by molar-refractivity contribution is 7.89. The molecule has 2 N–H and O–H groups in total. The highest BCUT2D eigenvalue weighted by Gasteiger charge is 2.23. The van der Waals surface area contributed by atoms with Crippen molar-refractivity contribution in [1.82, 2.24) is 19.4 Å². The van der Waals surface area contributed by atoms with Crippen molar-refractivity contribution in [2.24, 2.45) is 0 Å². The lowest BCUT2D eigenvalue weighted by Gasteiger charge is -2.19. The van der Waals surface area contributed by atoms with E-state index in [0.717, 1.165) is 11.2 Å². The summed E-state index contributed by atoms with van der Waals surface area (Å²) in [4.78, 5) is 16.9. The minimum Gasteiger partial charge on any atom is -0.349 e. The maximum Gasteiger partial charge on any atom is 0.241 e. The number of rotatable bonds is 6. The summed E-state index contributed by atoms with van der Waals surface area (Å²) < 4.78 is 29.5. The van der Waals surface area contributed by atoms with E-state index in [0.29, 0.717) is 5.69 Å². The van der Waals surface area contributed by atoms with Gasteiger partial charge in [-0.25, -0.2) is 13.4 Å². The minimum atomic E-state index is -3.80. The molecule has 8 heteroatoms. The number of carbonyl (C=O) groups excluding carboxylic acids is 1. The highest BCUT2D eigenvalue weighted by Crippen LogP contribution is 2.23. The summed E-state index contributed by atoms with van der Waals surface area (Å²) in [5, 5.41) is 2.72. The molecule has 154 valence electrons. The molecule has 29 heavy (non-hydrogen) atoms. The molecule has 0 spiro atoms. The number of aromatic nitrogens is 2. The predicted octanol–water partition coefficient (Wildman–Crippen LogP) is 2.62. The zero-order valence-electron chi connectivity index (χ0n) is 17.0. The Labute approximate surface area is 171 Å². The van der Waals surface area contributed by atoms with Crippen LogP contribution in [0.1, 0.15) is 39.0 Å². The molecule has 0 aliphatic rings. The molecule has 0 saturated heterocycles. The number of hydrogen-bond donors (Lipinski definition) is 2. The number of benzene rings is 1. The van der Waals surface area contributed by atoms with Crippen molar-refractivity contribution in [3.8, 4) is 0 Å². The third-order valence-electron chi connectivity index (χ3n) is 4.61. The van der Waals surface area contributed by atoms with Gasteiger partial charge in [0, 0.05) is 12.4 Å². The second-order valence-corrected chi connectivity index (χ2v) is 9.75. The Balaban J connectivity index is 1.61. The van der Waals surface area contributed by atoms with Crippen LogP contribution in [0.5, 0.6) is 0 Å². The lowest BCUT2D eigenvalue weighted by Crippen LogP contribution is -2.44. The first-order valence-corrected chi connectivity index (χ1v) is 10.9. The van der Waals surface area contributed by atoms with E-state index in [2.05, 4.69) is 35.8 Å². The number of hydrogen-bond acceptors (Lipinski definition) is 4. The van der Waals surface area contributed by atoms with E-state index in [-0.39, 0.29) is 16.9 Å². The Morgan fingerprint density at radius 2 is 1.83 bits per heavy atom. The first-order valence-electron chi connectivity index (χ1n) is 9.39. The number of sulfonamides is 1. The molecule has 2 aromatic heterocycles. The summed E-state index contributed by atoms with van der Waals surface area (Å²) in [7, 11) is -3.80. The van der Waals surface area contributed by atoms with Gasteiger partial charge in [0.25, 0.3) is 0 Å². The van der Waals surface area contributed by atoms with E-state index in [4.69, 9.17) is 0 Å². The standard InChI is InChI=1S/C21H26N4O3S/c1-15(20(26)22-13-17-14-25-12-6-5-7-19(25)23-17)24-29(27,28)18-10-8-16(9-11-18)21(2,3)4/h5-12,14-15,24H,13H2,1-4H3,(H,22,26)/t15-/m0/s1. The quantitative estimate of drug-likeness (QED) is 0.648. The van der Waals surface area contributed by atoms with Gasteiger partial charge in [0.15, 0.2) is 0 Å². The summed E-state index contributed by atoms with van der Waals surface area (Å²) >= 11 is 0. The third kappa shape index (κ3) is 5.02. The maximum atomic E-state index is 12.6. The van der Waals surface area contributed by atoms with Crippen molar-refractivity contribution in [2.75, 3.05) is 0 Å². The van der Waals surface area contributed by atoms with Gasteiger partial charge in [-0.1, -0.05) is 39.0 Å². The summed E-state index contributed by atoms with van der Waals surface area (Å²) in [6, 6.07) is 11.4. The second-order valence-electron chi connectivity index (χ2n) is 8.03. The molecule has 1 aromatic carbocycles. The van der Waals surface area contributed by atoms with E-state index in [1.807, 2.05) is 35.0 Å². The molecule has 0 fully saturated rings. The van der Waals surface area contributed by atoms with Gasteiger partial charge >= 0.3 is 0 Å². The van der Waals surface area contributed by atoms with Crippen LogP contribution < -0.4 is 10.0 Å². The summed E-state index contributed by atoms with van der Waals surface area (Å²) in [5.41, 5.74) is 2.44. The van der Waals surface area contributed by atoms with Gasteiger partial charge in [-0.2, -0.15) is 4.72 Å². The first-order chi connectivity index (χ1) is 13.6. The first kappa shape index (κ1) is 21.0. The van der Waals surface area contributed by atoms with Gasteiger partial charge in [-0.05, 0) is 42.2 Å². The summed E-state index contributed by atoms with van der Waals surface area (Å²) in [5.74, 6) is -0.419. The monoisotopic (exact) mass is 414 g/mol. The van der Waals surface area contributed by atoms with Crippen LogP contribution in [0.3, 0.4) is 0 Å². The van der Waals surface area contributed by atoms with Crippen LogP contribution in [0.2, 0.25) is 0 Å². The van der Waals surface area contributed by atoms with Crippen molar-refractivity contribution < 1.29 is 13.2 Å². The average Bonchev–Trinajstić information content (AvgIpc) is 3.08. The minimum absolute atomic E-state index is 0.0686. The number of carbonyl (C=O) groups is 1. The topological polar surface area (TPSA) is 92.6 Å². The fourth-order valence-corrected chi connectivity index (χ4v) is 4.09. The van der Waals surface area contributed by atoms with Gasteiger partial charge in [0.05, 0.1) is 23.2 Å². The number of imidazole rings is 1. The Morgan fingerprint density at radius 1 is 1.14 bits per heavy atom. The van der Waals surface area contributed by atoms with E-state index < -0.39 is 22.0 Å². The van der Waals surface area contributed by atoms with Crippen molar-refractivity contribution >= 4 is 21.6 Å². The molecule has 7 nitrogen and oxygen atoms in total. The van der Waals surface area contributed by atoms with Crippen LogP contribution >= 0.6 is 0 Å². The highest BCUT2D eigenvalue weighted by atomic mass is 32.2. The van der Waals surface area contributed by atoms with Gasteiger partial charge in [-0.15, -0.1) is 0 Å². The van der Waals surface area contributed by atoms with Crippen LogP contribution in [0.15, 0.2) is 59.8 Å². The van der Waals surface area contributed by atoms with Gasteiger partial charge in [0.2, 0.25) is 15.9 Å². The fraction of sp³-hybridized carbons (Fsp3) is 0.333. The molecule has 0 unspecified atom stereocenters. The van der Waals surface area contributed by atoms with Crippen molar-refractivity contribution in [2.45, 2.75) is 50.6 Å². The Hall–Kier alpha value is -2.71. The molecule has 0 radical (unpaired) electrons. The van der Waals surface area contributed by atoms with Crippen LogP contribution in [0.4, 0.5) is 0 Å². The molecule has 2 heterocycles. The zero-order valence-corrected chi connectivity index (χ0v) is 17.8. The Bertz CT molecular complexity index is 1080. The molecule has 0 aliphatic heterocycles. The zero-order chi connectivity index (χ0) is 21.2. The number of amides is 1. The lowest BCUT2D eigenvalue weighted by molar-refractivity contribution is -0.122. The molecule has 1 atom stereocenters. The van der Waals surface area contributed by atoms with E-state index in [1.54, 1.807) is 24.3 Å². The number of nitrogens with zero attached hydrogens (tertiary/aromatic N) is 2. The van der Waals surface area contributed by atoms with Crippen LogP contribution in [-0.4, -0.2) is 29.8 Å². The van der Waals surface area contributed by atoms with Gasteiger partial charge < -0.3 is 9.72 Å². The number of nitrogens with one attached hydrogen (secondary N) is 2. The fourth-order valence-electron chi connectivity index (χ4n) is 2.89. The third-order valence-corrected chi connectivity index (χ3v) is 6.17.